The first kappa shape index (κ1) is 18.0. The van der Waals surface area contributed by atoms with Gasteiger partial charge in [-0.25, -0.2) is 4.79 Å². The zero-order valence-corrected chi connectivity index (χ0v) is 15.6. The van der Waals surface area contributed by atoms with E-state index in [-0.39, 0.29) is 12.5 Å². The highest BCUT2D eigenvalue weighted by atomic mass is 16.5. The van der Waals surface area contributed by atoms with E-state index in [2.05, 4.69) is 6.07 Å². The second-order valence-electron chi connectivity index (χ2n) is 7.09. The maximum atomic E-state index is 12.9. The van der Waals surface area contributed by atoms with Crippen LogP contribution in [0, 0.1) is 23.7 Å². The summed E-state index contributed by atoms with van der Waals surface area (Å²) in [5, 5.41) is 10.8. The second-order valence-corrected chi connectivity index (χ2v) is 7.09. The molecule has 0 spiro atoms. The number of ether oxygens (including phenoxy) is 1. The Bertz CT molecular complexity index is 1160. The monoisotopic (exact) mass is 373 g/mol. The van der Waals surface area contributed by atoms with Gasteiger partial charge in [-0.3, -0.25) is 4.79 Å². The number of fused-ring (bicyclic) bond motifs is 1. The van der Waals surface area contributed by atoms with E-state index in [1.54, 1.807) is 13.0 Å². The second kappa shape index (κ2) is 6.65. The molecule has 2 aromatic carbocycles. The molecule has 140 valence electrons. The number of esters is 1. The van der Waals surface area contributed by atoms with Gasteiger partial charge in [0.15, 0.2) is 5.41 Å². The average Bonchev–Trinajstić information content (AvgIpc) is 3.39. The fourth-order valence-electron chi connectivity index (χ4n) is 4.18. The molecule has 1 saturated carbocycles. The lowest BCUT2D eigenvalue weighted by Crippen LogP contribution is -2.21. The largest absolute Gasteiger partial charge is 0.465 e. The first-order chi connectivity index (χ1) is 13.5. The van der Waals surface area contributed by atoms with Gasteiger partial charge in [-0.2, -0.15) is 5.26 Å². The lowest BCUT2D eigenvalue weighted by molar-refractivity contribution is -0.147. The number of carbonyl (C=O) groups is 1. The molecule has 1 fully saturated rings. The van der Waals surface area contributed by atoms with Crippen LogP contribution in [-0.4, -0.2) is 12.6 Å². The number of nitriles is 1. The first-order valence-electron chi connectivity index (χ1n) is 9.20. The molecule has 3 unspecified atom stereocenters. The highest BCUT2D eigenvalue weighted by Crippen LogP contribution is 2.71. The van der Waals surface area contributed by atoms with E-state index in [4.69, 9.17) is 9.15 Å². The zero-order chi connectivity index (χ0) is 19.9. The van der Waals surface area contributed by atoms with E-state index in [0.29, 0.717) is 11.1 Å². The minimum atomic E-state index is -1.36. The summed E-state index contributed by atoms with van der Waals surface area (Å²) in [5.41, 5.74) is 1.11. The normalized spacial score (nSPS) is 23.2. The molecule has 0 N–H and O–H groups in total. The van der Waals surface area contributed by atoms with E-state index in [1.807, 2.05) is 49.4 Å². The van der Waals surface area contributed by atoms with Crippen molar-refractivity contribution in [2.24, 2.45) is 5.41 Å². The predicted octanol–water partition coefficient (Wildman–Crippen LogP) is 4.06. The van der Waals surface area contributed by atoms with E-state index < -0.39 is 22.9 Å². The van der Waals surface area contributed by atoms with Crippen molar-refractivity contribution in [3.63, 3.8) is 0 Å². The van der Waals surface area contributed by atoms with Gasteiger partial charge >= 0.3 is 11.6 Å². The zero-order valence-electron chi connectivity index (χ0n) is 15.6. The molecule has 3 atom stereocenters. The molecule has 1 aromatic heterocycles. The maximum absolute atomic E-state index is 12.9. The van der Waals surface area contributed by atoms with Crippen molar-refractivity contribution in [3.8, 4) is 6.07 Å². The van der Waals surface area contributed by atoms with Crippen LogP contribution in [0.4, 0.5) is 0 Å². The Morgan fingerprint density at radius 2 is 1.93 bits per heavy atom. The van der Waals surface area contributed by atoms with Crippen LogP contribution in [0.15, 0.2) is 63.8 Å². The van der Waals surface area contributed by atoms with Crippen molar-refractivity contribution < 1.29 is 13.9 Å². The minimum Gasteiger partial charge on any atom is -0.465 e. The van der Waals surface area contributed by atoms with Gasteiger partial charge < -0.3 is 9.15 Å². The Balaban J connectivity index is 1.96. The highest BCUT2D eigenvalue weighted by molar-refractivity contribution is 5.92. The summed E-state index contributed by atoms with van der Waals surface area (Å²) < 4.78 is 10.6. The number of nitrogens with zero attached hydrogens (tertiary/aromatic N) is 1. The number of rotatable bonds is 4. The van der Waals surface area contributed by atoms with Crippen LogP contribution < -0.4 is 5.63 Å². The van der Waals surface area contributed by atoms with Gasteiger partial charge in [0.2, 0.25) is 0 Å². The van der Waals surface area contributed by atoms with Crippen LogP contribution in [0.2, 0.25) is 0 Å². The summed E-state index contributed by atoms with van der Waals surface area (Å²) in [6.45, 7) is 3.85. The third-order valence-electron chi connectivity index (χ3n) is 5.43. The number of hydrogen-bond donors (Lipinski definition) is 0. The first-order valence-corrected chi connectivity index (χ1v) is 9.20. The summed E-state index contributed by atoms with van der Waals surface area (Å²) >= 11 is 0. The summed E-state index contributed by atoms with van der Waals surface area (Å²) in [4.78, 5) is 25.1. The number of carbonyl (C=O) groups excluding carboxylic acids is 1. The third-order valence-corrected chi connectivity index (χ3v) is 5.43. The fourth-order valence-corrected chi connectivity index (χ4v) is 4.18. The van der Waals surface area contributed by atoms with Gasteiger partial charge in [-0.05, 0) is 37.1 Å². The summed E-state index contributed by atoms with van der Waals surface area (Å²) in [6, 6.07) is 18.6. The molecule has 5 heteroatoms. The molecule has 0 amide bonds. The lowest BCUT2D eigenvalue weighted by atomic mass is 9.97. The molecule has 3 aromatic rings. The van der Waals surface area contributed by atoms with Crippen LogP contribution in [-0.2, 0) is 9.53 Å². The van der Waals surface area contributed by atoms with Crippen LogP contribution >= 0.6 is 0 Å². The Morgan fingerprint density at radius 1 is 1.18 bits per heavy atom. The van der Waals surface area contributed by atoms with Crippen LogP contribution in [0.5, 0.6) is 0 Å². The van der Waals surface area contributed by atoms with Crippen molar-refractivity contribution in [1.82, 2.24) is 0 Å². The lowest BCUT2D eigenvalue weighted by Gasteiger charge is -2.10. The molecule has 1 heterocycles. The molecular weight excluding hydrogens is 354 g/mol. The summed E-state index contributed by atoms with van der Waals surface area (Å²) in [5.74, 6) is -1.42. The van der Waals surface area contributed by atoms with Gasteiger partial charge in [0.25, 0.3) is 0 Å². The SMILES string of the molecule is CCOC(=O)C1(C#N)C(c2ccccc2)C1c1cc(=O)oc2ccc(C)cc12. The van der Waals surface area contributed by atoms with Gasteiger partial charge in [-0.15, -0.1) is 0 Å². The van der Waals surface area contributed by atoms with Crippen LogP contribution in [0.3, 0.4) is 0 Å². The number of aryl methyl sites for hydroxylation is 1. The van der Waals surface area contributed by atoms with E-state index in [1.165, 1.54) is 6.07 Å². The van der Waals surface area contributed by atoms with Gasteiger partial charge in [0, 0.05) is 23.3 Å². The van der Waals surface area contributed by atoms with Crippen LogP contribution in [0.1, 0.15) is 35.4 Å². The van der Waals surface area contributed by atoms with Crippen molar-refractivity contribution in [2.75, 3.05) is 6.61 Å². The highest BCUT2D eigenvalue weighted by Gasteiger charge is 2.73. The molecule has 4 rings (SSSR count). The van der Waals surface area contributed by atoms with E-state index in [9.17, 15) is 14.9 Å². The van der Waals surface area contributed by atoms with Crippen molar-refractivity contribution in [1.29, 1.82) is 5.26 Å². The molecule has 5 nitrogen and oxygen atoms in total. The average molecular weight is 373 g/mol. The number of hydrogen-bond acceptors (Lipinski definition) is 5. The molecule has 0 bridgehead atoms. The predicted molar refractivity (Wildman–Crippen MR) is 104 cm³/mol. The molecule has 0 radical (unpaired) electrons. The number of benzene rings is 2. The Morgan fingerprint density at radius 3 is 2.61 bits per heavy atom. The van der Waals surface area contributed by atoms with Crippen molar-refractivity contribution in [2.45, 2.75) is 25.7 Å². The fraction of sp³-hybridized carbons (Fsp3) is 0.261. The van der Waals surface area contributed by atoms with Gasteiger partial charge in [-0.1, -0.05) is 42.0 Å². The standard InChI is InChI=1S/C23H19NO4/c1-3-27-22(26)23(13-24)20(15-7-5-4-6-8-15)21(23)17-12-19(25)28-18-10-9-14(2)11-16(17)18/h4-12,20-21H,3H2,1-2H3. The Hall–Kier alpha value is -3.39. The Labute approximate surface area is 162 Å². The van der Waals surface area contributed by atoms with Gasteiger partial charge in [0.1, 0.15) is 5.58 Å². The van der Waals surface area contributed by atoms with Crippen molar-refractivity contribution >= 4 is 16.9 Å². The molecular formula is C23H19NO4. The summed E-state index contributed by atoms with van der Waals surface area (Å²) in [6.07, 6.45) is 0. The molecule has 1 aliphatic carbocycles. The van der Waals surface area contributed by atoms with Gasteiger partial charge in [0.05, 0.1) is 12.7 Å². The maximum Gasteiger partial charge on any atom is 0.336 e. The van der Waals surface area contributed by atoms with E-state index >= 15 is 0 Å². The quantitative estimate of drug-likeness (QED) is 0.509. The molecule has 0 saturated heterocycles. The topological polar surface area (TPSA) is 80.3 Å². The summed E-state index contributed by atoms with van der Waals surface area (Å²) in [7, 11) is 0. The third kappa shape index (κ3) is 2.61. The smallest absolute Gasteiger partial charge is 0.336 e. The molecule has 28 heavy (non-hydrogen) atoms. The van der Waals surface area contributed by atoms with Crippen molar-refractivity contribution in [3.05, 3.63) is 81.7 Å². The van der Waals surface area contributed by atoms with E-state index in [0.717, 1.165) is 16.5 Å². The minimum absolute atomic E-state index is 0.188. The Kier molecular flexibility index (Phi) is 4.27. The molecule has 0 aliphatic heterocycles. The van der Waals surface area contributed by atoms with Crippen LogP contribution in [0.25, 0.3) is 11.0 Å². The molecule has 1 aliphatic rings.